The summed E-state index contributed by atoms with van der Waals surface area (Å²) in [6.07, 6.45) is -4.90. The van der Waals surface area contributed by atoms with Gasteiger partial charge in [0.1, 0.15) is 7.11 Å². The van der Waals surface area contributed by atoms with Crippen LogP contribution in [0.5, 0.6) is 0 Å². The summed E-state index contributed by atoms with van der Waals surface area (Å²) >= 11 is 0. The van der Waals surface area contributed by atoms with Crippen molar-refractivity contribution in [1.29, 1.82) is 0 Å². The molecule has 1 nitrogen and oxygen atoms in total. The van der Waals surface area contributed by atoms with E-state index in [9.17, 15) is 13.2 Å². The second kappa shape index (κ2) is 2.42. The van der Waals surface area contributed by atoms with Crippen LogP contribution in [0.15, 0.2) is 0 Å². The van der Waals surface area contributed by atoms with E-state index in [1.807, 2.05) is 0 Å². The first-order valence-corrected chi connectivity index (χ1v) is 2.98. The third kappa shape index (κ3) is 1.62. The normalized spacial score (nSPS) is 22.8. The van der Waals surface area contributed by atoms with Crippen LogP contribution in [0.2, 0.25) is 0 Å². The Morgan fingerprint density at radius 2 is 1.90 bits per heavy atom. The summed E-state index contributed by atoms with van der Waals surface area (Å²) in [5.74, 6) is -0.398. The summed E-state index contributed by atoms with van der Waals surface area (Å²) < 4.78 is 39.2. The third-order valence-electron chi connectivity index (χ3n) is 1.52. The van der Waals surface area contributed by atoms with Gasteiger partial charge in [0.05, 0.1) is 0 Å². The molecule has 0 amide bonds. The topological polar surface area (TPSA) is 9.23 Å². The van der Waals surface area contributed by atoms with E-state index in [0.717, 1.165) is 0 Å². The predicted octanol–water partition coefficient (Wildman–Crippen LogP) is 2.01. The van der Waals surface area contributed by atoms with Gasteiger partial charge in [-0.25, -0.2) is 0 Å². The Bertz CT molecular complexity index is 117. The number of hydrogen-bond acceptors (Lipinski definition) is 1. The molecule has 0 aromatic carbocycles. The Hall–Kier alpha value is -0.250. The standard InChI is InChI=1S/C6H7F3O/c1-10-5(4-2-3-4)6(7,8)9/h1,4-5H,2-3H2. The van der Waals surface area contributed by atoms with Crippen LogP contribution in [-0.2, 0) is 4.74 Å². The SMILES string of the molecule is [CH]OC(C1CC1)C(F)(F)F. The van der Waals surface area contributed by atoms with Crippen molar-refractivity contribution in [2.75, 3.05) is 0 Å². The van der Waals surface area contributed by atoms with E-state index < -0.39 is 18.2 Å². The van der Waals surface area contributed by atoms with Crippen LogP contribution in [0.1, 0.15) is 12.8 Å². The summed E-state index contributed by atoms with van der Waals surface area (Å²) in [4.78, 5) is 0. The molecular weight excluding hydrogens is 145 g/mol. The fraction of sp³-hybridized carbons (Fsp3) is 0.833. The summed E-state index contributed by atoms with van der Waals surface area (Å²) in [6.45, 7) is 0. The van der Waals surface area contributed by atoms with Crippen LogP contribution < -0.4 is 0 Å². The molecule has 0 saturated heterocycles. The van der Waals surface area contributed by atoms with Crippen LogP contribution in [0.3, 0.4) is 0 Å². The van der Waals surface area contributed by atoms with Gasteiger partial charge < -0.3 is 4.74 Å². The monoisotopic (exact) mass is 152 g/mol. The van der Waals surface area contributed by atoms with Gasteiger partial charge in [-0.15, -0.1) is 0 Å². The molecule has 0 aromatic rings. The number of hydrogen-bond donors (Lipinski definition) is 0. The van der Waals surface area contributed by atoms with Crippen LogP contribution >= 0.6 is 0 Å². The Morgan fingerprint density at radius 1 is 1.40 bits per heavy atom. The van der Waals surface area contributed by atoms with E-state index in [0.29, 0.717) is 12.8 Å². The second-order valence-electron chi connectivity index (χ2n) is 2.44. The van der Waals surface area contributed by atoms with Crippen molar-refractivity contribution in [3.63, 3.8) is 0 Å². The molecule has 1 fully saturated rings. The summed E-state index contributed by atoms with van der Waals surface area (Å²) in [5, 5.41) is 0. The molecule has 1 rings (SSSR count). The van der Waals surface area contributed by atoms with Crippen LogP contribution in [0, 0.1) is 13.0 Å². The first-order valence-electron chi connectivity index (χ1n) is 2.98. The van der Waals surface area contributed by atoms with Gasteiger partial charge >= 0.3 is 6.18 Å². The molecule has 4 heteroatoms. The highest BCUT2D eigenvalue weighted by molar-refractivity contribution is 4.86. The molecule has 1 aliphatic carbocycles. The highest BCUT2D eigenvalue weighted by Gasteiger charge is 2.49. The van der Waals surface area contributed by atoms with Gasteiger partial charge in [-0.3, -0.25) is 0 Å². The molecule has 0 aromatic heterocycles. The molecule has 0 spiro atoms. The van der Waals surface area contributed by atoms with Gasteiger partial charge in [0.25, 0.3) is 0 Å². The number of rotatable bonds is 2. The number of ether oxygens (including phenoxy) is 1. The van der Waals surface area contributed by atoms with Crippen molar-refractivity contribution in [2.45, 2.75) is 25.1 Å². The maximum Gasteiger partial charge on any atom is 0.414 e. The maximum absolute atomic E-state index is 11.8. The smallest absolute Gasteiger partial charge is 0.360 e. The highest BCUT2D eigenvalue weighted by atomic mass is 19.4. The molecule has 0 heterocycles. The fourth-order valence-corrected chi connectivity index (χ4v) is 0.854. The van der Waals surface area contributed by atoms with Crippen LogP contribution in [0.4, 0.5) is 13.2 Å². The van der Waals surface area contributed by atoms with Gasteiger partial charge in [0.15, 0.2) is 6.10 Å². The van der Waals surface area contributed by atoms with Gasteiger partial charge in [-0.2, -0.15) is 13.2 Å². The molecule has 10 heavy (non-hydrogen) atoms. The van der Waals surface area contributed by atoms with Gasteiger partial charge in [0, 0.05) is 0 Å². The average Bonchev–Trinajstić information content (AvgIpc) is 2.46. The zero-order valence-corrected chi connectivity index (χ0v) is 5.19. The van der Waals surface area contributed by atoms with Crippen molar-refractivity contribution in [1.82, 2.24) is 0 Å². The van der Waals surface area contributed by atoms with E-state index in [-0.39, 0.29) is 0 Å². The lowest BCUT2D eigenvalue weighted by atomic mass is 10.2. The minimum atomic E-state index is -4.30. The molecule has 0 aliphatic heterocycles. The Kier molecular flexibility index (Phi) is 1.90. The lowest BCUT2D eigenvalue weighted by molar-refractivity contribution is -0.212. The van der Waals surface area contributed by atoms with Crippen molar-refractivity contribution in [3.8, 4) is 0 Å². The third-order valence-corrected chi connectivity index (χ3v) is 1.52. The molecule has 1 atom stereocenters. The lowest BCUT2D eigenvalue weighted by Crippen LogP contribution is -2.31. The maximum atomic E-state index is 11.8. The van der Waals surface area contributed by atoms with E-state index in [1.165, 1.54) is 0 Å². The van der Waals surface area contributed by atoms with E-state index in [2.05, 4.69) is 11.8 Å². The minimum Gasteiger partial charge on any atom is -0.360 e. The molecule has 0 N–H and O–H groups in total. The molecule has 1 aliphatic rings. The van der Waals surface area contributed by atoms with Crippen LogP contribution in [0.25, 0.3) is 0 Å². The first kappa shape index (κ1) is 7.85. The van der Waals surface area contributed by atoms with Crippen molar-refractivity contribution in [2.24, 2.45) is 5.92 Å². The summed E-state index contributed by atoms with van der Waals surface area (Å²) in [5.41, 5.74) is 0. The largest absolute Gasteiger partial charge is 0.414 e. The molecular formula is C6H7F3O. The van der Waals surface area contributed by atoms with Gasteiger partial charge in [-0.1, -0.05) is 0 Å². The Labute approximate surface area is 57.2 Å². The number of alkyl halides is 3. The van der Waals surface area contributed by atoms with E-state index >= 15 is 0 Å². The zero-order valence-electron chi connectivity index (χ0n) is 5.19. The summed E-state index contributed by atoms with van der Waals surface area (Å²) in [6, 6.07) is 0. The molecule has 0 bridgehead atoms. The lowest BCUT2D eigenvalue weighted by Gasteiger charge is -2.16. The highest BCUT2D eigenvalue weighted by Crippen LogP contribution is 2.41. The first-order chi connectivity index (χ1) is 4.55. The summed E-state index contributed by atoms with van der Waals surface area (Å²) in [7, 11) is 4.48. The minimum absolute atomic E-state index is 0.398. The molecule has 2 radical (unpaired) electrons. The zero-order chi connectivity index (χ0) is 7.78. The molecule has 1 unspecified atom stereocenters. The predicted molar refractivity (Wildman–Crippen MR) is 28.0 cm³/mol. The average molecular weight is 152 g/mol. The quantitative estimate of drug-likeness (QED) is 0.588. The fourth-order valence-electron chi connectivity index (χ4n) is 0.854. The molecule has 1 saturated carbocycles. The van der Waals surface area contributed by atoms with E-state index in [4.69, 9.17) is 0 Å². The van der Waals surface area contributed by atoms with Gasteiger partial charge in [0.2, 0.25) is 0 Å². The Balaban J connectivity index is 2.46. The van der Waals surface area contributed by atoms with Crippen LogP contribution in [-0.4, -0.2) is 12.3 Å². The van der Waals surface area contributed by atoms with Crippen molar-refractivity contribution in [3.05, 3.63) is 7.11 Å². The van der Waals surface area contributed by atoms with Gasteiger partial charge in [-0.05, 0) is 18.8 Å². The number of halogens is 3. The Morgan fingerprint density at radius 3 is 2.00 bits per heavy atom. The van der Waals surface area contributed by atoms with E-state index in [1.54, 1.807) is 0 Å². The molecule has 58 valence electrons. The second-order valence-corrected chi connectivity index (χ2v) is 2.44. The van der Waals surface area contributed by atoms with Crippen molar-refractivity contribution < 1.29 is 17.9 Å². The van der Waals surface area contributed by atoms with Crippen molar-refractivity contribution >= 4 is 0 Å².